The maximum absolute atomic E-state index is 10.8. The summed E-state index contributed by atoms with van der Waals surface area (Å²) in [5.74, 6) is 0.934. The van der Waals surface area contributed by atoms with Crippen LogP contribution in [0.1, 0.15) is 36.6 Å². The van der Waals surface area contributed by atoms with Crippen LogP contribution in [0, 0.1) is 5.92 Å². The van der Waals surface area contributed by atoms with E-state index >= 15 is 0 Å². The zero-order valence-electron chi connectivity index (χ0n) is 17.8. The molecule has 1 fully saturated rings. The van der Waals surface area contributed by atoms with E-state index in [1.54, 1.807) is 6.20 Å². The van der Waals surface area contributed by atoms with Crippen LogP contribution < -0.4 is 4.74 Å². The van der Waals surface area contributed by atoms with E-state index in [0.717, 1.165) is 65.7 Å². The van der Waals surface area contributed by atoms with E-state index in [1.165, 1.54) is 11.9 Å². The fourth-order valence-electron chi connectivity index (χ4n) is 5.29. The number of hydrogen-bond donors (Lipinski definition) is 2. The van der Waals surface area contributed by atoms with Crippen LogP contribution >= 0.6 is 0 Å². The second-order valence-electron chi connectivity index (χ2n) is 9.02. The normalized spacial score (nSPS) is 25.2. The Morgan fingerprint density at radius 1 is 1.09 bits per heavy atom. The number of ether oxygens (including phenoxy) is 1. The summed E-state index contributed by atoms with van der Waals surface area (Å²) >= 11 is 0. The van der Waals surface area contributed by atoms with Gasteiger partial charge in [-0.3, -0.25) is 0 Å². The van der Waals surface area contributed by atoms with E-state index < -0.39 is 12.2 Å². The van der Waals surface area contributed by atoms with Gasteiger partial charge in [-0.25, -0.2) is 15.0 Å². The van der Waals surface area contributed by atoms with Gasteiger partial charge in [0, 0.05) is 23.2 Å². The number of benzene rings is 1. The van der Waals surface area contributed by atoms with Crippen LogP contribution in [0.25, 0.3) is 21.9 Å². The minimum Gasteiger partial charge on any atom is -0.492 e. The predicted molar refractivity (Wildman–Crippen MR) is 121 cm³/mol. The van der Waals surface area contributed by atoms with Crippen molar-refractivity contribution < 1.29 is 14.9 Å². The van der Waals surface area contributed by atoms with Gasteiger partial charge in [-0.1, -0.05) is 12.1 Å². The SMILES string of the molecule is O[C@@H]1[C@@H](CCc2ccc3cc4c(nc3c2)CCCO4)C[C@@H](n2ccc3cncnc32)[C@@H]1O. The monoisotopic (exact) mass is 430 g/mol. The largest absolute Gasteiger partial charge is 0.492 e. The molecule has 4 aromatic rings. The molecule has 2 N–H and O–H groups in total. The van der Waals surface area contributed by atoms with E-state index in [9.17, 15) is 10.2 Å². The van der Waals surface area contributed by atoms with Gasteiger partial charge in [-0.2, -0.15) is 0 Å². The molecular weight excluding hydrogens is 404 g/mol. The van der Waals surface area contributed by atoms with Crippen molar-refractivity contribution in [2.45, 2.75) is 50.4 Å². The van der Waals surface area contributed by atoms with Crippen LogP contribution in [0.15, 0.2) is 49.1 Å². The fraction of sp³-hybridized carbons (Fsp3) is 0.400. The molecule has 3 aromatic heterocycles. The van der Waals surface area contributed by atoms with E-state index in [4.69, 9.17) is 9.72 Å². The average Bonchev–Trinajstić information content (AvgIpc) is 3.37. The molecule has 1 aliphatic heterocycles. The van der Waals surface area contributed by atoms with Gasteiger partial charge in [-0.05, 0) is 61.8 Å². The summed E-state index contributed by atoms with van der Waals surface area (Å²) < 4.78 is 7.72. The summed E-state index contributed by atoms with van der Waals surface area (Å²) in [6.45, 7) is 0.764. The molecule has 1 saturated carbocycles. The fourth-order valence-corrected chi connectivity index (χ4v) is 5.29. The van der Waals surface area contributed by atoms with Gasteiger partial charge in [0.2, 0.25) is 0 Å². The molecule has 0 saturated heterocycles. The van der Waals surface area contributed by atoms with E-state index in [1.807, 2.05) is 16.8 Å². The highest BCUT2D eigenvalue weighted by molar-refractivity contribution is 5.81. The lowest BCUT2D eigenvalue weighted by Gasteiger charge is -2.19. The van der Waals surface area contributed by atoms with Crippen LogP contribution in [0.5, 0.6) is 5.75 Å². The lowest BCUT2D eigenvalue weighted by molar-refractivity contribution is 0.00545. The van der Waals surface area contributed by atoms with Crippen LogP contribution in [0.3, 0.4) is 0 Å². The molecule has 0 unspecified atom stereocenters. The van der Waals surface area contributed by atoms with Crippen LogP contribution in [-0.2, 0) is 12.8 Å². The average molecular weight is 431 g/mol. The molecule has 0 amide bonds. The molecule has 7 heteroatoms. The Kier molecular flexibility index (Phi) is 4.81. The van der Waals surface area contributed by atoms with Crippen molar-refractivity contribution in [3.05, 3.63) is 60.3 Å². The molecule has 4 heterocycles. The van der Waals surface area contributed by atoms with Crippen molar-refractivity contribution >= 4 is 21.9 Å². The molecule has 1 aliphatic carbocycles. The summed E-state index contributed by atoms with van der Waals surface area (Å²) in [4.78, 5) is 13.3. The summed E-state index contributed by atoms with van der Waals surface area (Å²) in [6, 6.07) is 10.2. The van der Waals surface area contributed by atoms with Crippen molar-refractivity contribution in [1.82, 2.24) is 19.5 Å². The first kappa shape index (κ1) is 19.6. The minimum absolute atomic E-state index is 0.0230. The number of hydrogen-bond acceptors (Lipinski definition) is 6. The maximum atomic E-state index is 10.8. The Bertz CT molecular complexity index is 1290. The van der Waals surface area contributed by atoms with Crippen molar-refractivity contribution in [3.8, 4) is 5.75 Å². The highest BCUT2D eigenvalue weighted by Crippen LogP contribution is 2.39. The van der Waals surface area contributed by atoms with Gasteiger partial charge >= 0.3 is 0 Å². The van der Waals surface area contributed by atoms with E-state index in [-0.39, 0.29) is 12.0 Å². The Hall–Kier alpha value is -3.03. The molecule has 1 aromatic carbocycles. The molecule has 32 heavy (non-hydrogen) atoms. The highest BCUT2D eigenvalue weighted by atomic mass is 16.5. The lowest BCUT2D eigenvalue weighted by Crippen LogP contribution is -2.29. The third-order valence-corrected chi connectivity index (χ3v) is 7.05. The zero-order valence-corrected chi connectivity index (χ0v) is 17.8. The summed E-state index contributed by atoms with van der Waals surface area (Å²) in [6.07, 6.45) is 7.99. The first-order valence-electron chi connectivity index (χ1n) is 11.4. The van der Waals surface area contributed by atoms with Crippen molar-refractivity contribution in [2.75, 3.05) is 6.61 Å². The second kappa shape index (κ2) is 7.83. The smallest absolute Gasteiger partial charge is 0.143 e. The maximum Gasteiger partial charge on any atom is 0.143 e. The Morgan fingerprint density at radius 3 is 2.97 bits per heavy atom. The number of rotatable bonds is 4. The standard InChI is InChI=1S/C25H26N4O3/c30-23-17(11-21(24(23)31)29-8-7-18-13-26-14-27-25(18)29)6-4-15-3-5-16-12-22-19(2-1-9-32-22)28-20(16)10-15/h3,5,7-8,10,12-14,17,21,23-24,30-31H,1-2,4,6,9,11H2/t17-,21+,23+,24-/m0/s1. The molecule has 2 aliphatic rings. The number of fused-ring (bicyclic) bond motifs is 3. The van der Waals surface area contributed by atoms with Gasteiger partial charge in [0.1, 0.15) is 23.8 Å². The predicted octanol–water partition coefficient (Wildman–Crippen LogP) is 3.22. The first-order valence-corrected chi connectivity index (χ1v) is 11.4. The highest BCUT2D eigenvalue weighted by Gasteiger charge is 2.42. The summed E-state index contributed by atoms with van der Waals surface area (Å²) in [5.41, 5.74) is 4.03. The van der Waals surface area contributed by atoms with Gasteiger partial charge in [-0.15, -0.1) is 0 Å². The number of aryl methyl sites for hydroxylation is 2. The third-order valence-electron chi connectivity index (χ3n) is 7.05. The quantitative estimate of drug-likeness (QED) is 0.516. The number of pyridine rings is 1. The van der Waals surface area contributed by atoms with Gasteiger partial charge < -0.3 is 19.5 Å². The topological polar surface area (TPSA) is 93.3 Å². The van der Waals surface area contributed by atoms with E-state index in [2.05, 4.69) is 34.2 Å². The molecule has 164 valence electrons. The number of aliphatic hydroxyl groups excluding tert-OH is 2. The van der Waals surface area contributed by atoms with Crippen LogP contribution in [0.2, 0.25) is 0 Å². The molecular formula is C25H26N4O3. The van der Waals surface area contributed by atoms with Gasteiger partial charge in [0.15, 0.2) is 0 Å². The molecule has 0 radical (unpaired) electrons. The zero-order chi connectivity index (χ0) is 21.7. The van der Waals surface area contributed by atoms with Gasteiger partial charge in [0.25, 0.3) is 0 Å². The third kappa shape index (κ3) is 3.32. The molecule has 4 atom stereocenters. The van der Waals surface area contributed by atoms with E-state index in [0.29, 0.717) is 6.42 Å². The lowest BCUT2D eigenvalue weighted by atomic mass is 9.95. The van der Waals surface area contributed by atoms with Crippen molar-refractivity contribution in [2.24, 2.45) is 5.92 Å². The Balaban J connectivity index is 1.19. The Morgan fingerprint density at radius 2 is 2.03 bits per heavy atom. The summed E-state index contributed by atoms with van der Waals surface area (Å²) in [7, 11) is 0. The summed E-state index contributed by atoms with van der Waals surface area (Å²) in [5, 5.41) is 23.6. The molecule has 0 bridgehead atoms. The minimum atomic E-state index is -0.810. The molecule has 7 nitrogen and oxygen atoms in total. The van der Waals surface area contributed by atoms with Crippen LogP contribution in [0.4, 0.5) is 0 Å². The second-order valence-corrected chi connectivity index (χ2v) is 9.02. The Labute approximate surface area is 185 Å². The molecule has 0 spiro atoms. The van der Waals surface area contributed by atoms with Crippen molar-refractivity contribution in [3.63, 3.8) is 0 Å². The van der Waals surface area contributed by atoms with Crippen molar-refractivity contribution in [1.29, 1.82) is 0 Å². The first-order chi connectivity index (χ1) is 15.7. The number of aromatic nitrogens is 4. The number of aliphatic hydroxyl groups is 2. The number of nitrogens with zero attached hydrogens (tertiary/aromatic N) is 4. The van der Waals surface area contributed by atoms with Crippen LogP contribution in [-0.4, -0.2) is 48.5 Å². The van der Waals surface area contributed by atoms with Gasteiger partial charge in [0.05, 0.1) is 30.0 Å². The molecule has 6 rings (SSSR count).